The van der Waals surface area contributed by atoms with Crippen LogP contribution < -0.4 is 5.73 Å². The van der Waals surface area contributed by atoms with Crippen molar-refractivity contribution in [3.8, 4) is 0 Å². The summed E-state index contributed by atoms with van der Waals surface area (Å²) in [7, 11) is -16.2. The van der Waals surface area contributed by atoms with E-state index in [1.54, 1.807) is 4.57 Å². The van der Waals surface area contributed by atoms with E-state index in [9.17, 15) is 18.6 Å². The molecule has 3 rings (SSSR count). The van der Waals surface area contributed by atoms with Gasteiger partial charge >= 0.3 is 23.5 Å². The zero-order valence-corrected chi connectivity index (χ0v) is 23.0. The summed E-state index contributed by atoms with van der Waals surface area (Å²) in [5, 5.41) is 0. The van der Waals surface area contributed by atoms with E-state index in [1.165, 1.54) is 12.7 Å². The van der Waals surface area contributed by atoms with Gasteiger partial charge in [-0.3, -0.25) is 9.09 Å². The minimum absolute atomic E-state index is 0. The molecule has 3 heterocycles. The molecule has 21 heteroatoms. The second kappa shape index (κ2) is 11.4. The van der Waals surface area contributed by atoms with Crippen molar-refractivity contribution < 1.29 is 51.2 Å². The molecular weight excluding hydrogens is 505 g/mol. The van der Waals surface area contributed by atoms with Gasteiger partial charge in [-0.15, -0.1) is 0 Å². The van der Waals surface area contributed by atoms with Crippen LogP contribution in [0.25, 0.3) is 11.2 Å². The maximum atomic E-state index is 11.7. The number of fused-ring (bicyclic) bond motifs is 1. The summed E-state index contributed by atoms with van der Waals surface area (Å²) in [6.45, 7) is -0.524. The molecular formula is C10H16N5Na2O11P3. The molecule has 4 atom stereocenters. The van der Waals surface area contributed by atoms with Crippen LogP contribution in [-0.2, 0) is 31.6 Å². The molecule has 0 saturated carbocycles. The minimum atomic E-state index is -5.56. The standard InChI is InChI=1S/C10H16N5O11P3.2Na/c11-9-8-10(13-4-12-9)15(5-14-8)7-2-1-6(24-7)3-23-28(19,20)26-29(21,22)25-27(16,17)18;;/h4-7H,1-3H2,(H,19,20)(H,21,22)(H2,11,12,13)(H2,16,17,18);;/t6-,7+;;/m0../s1. The molecule has 164 valence electrons. The molecule has 0 aliphatic carbocycles. The average molecular weight is 521 g/mol. The fourth-order valence-electron chi connectivity index (χ4n) is 2.58. The summed E-state index contributed by atoms with van der Waals surface area (Å²) in [4.78, 5) is 47.6. The van der Waals surface area contributed by atoms with E-state index in [0.717, 1.165) is 0 Å². The third kappa shape index (κ3) is 8.46. The van der Waals surface area contributed by atoms with Crippen LogP contribution in [-0.4, -0.2) is 111 Å². The van der Waals surface area contributed by atoms with E-state index in [-0.39, 0.29) is 64.9 Å². The number of nitrogen functional groups attached to an aromatic ring is 1. The van der Waals surface area contributed by atoms with Crippen LogP contribution in [0.3, 0.4) is 0 Å². The van der Waals surface area contributed by atoms with Gasteiger partial charge in [0.25, 0.3) is 0 Å². The second-order valence-electron chi connectivity index (χ2n) is 5.76. The third-order valence-corrected chi connectivity index (χ3v) is 7.42. The molecule has 16 nitrogen and oxygen atoms in total. The number of ether oxygens (including phenoxy) is 1. The number of nitrogens with two attached hydrogens (primary N) is 1. The minimum Gasteiger partial charge on any atom is -0.382 e. The van der Waals surface area contributed by atoms with Crippen molar-refractivity contribution in [1.82, 2.24) is 19.5 Å². The Kier molecular flexibility index (Phi) is 11.0. The van der Waals surface area contributed by atoms with Crippen molar-refractivity contribution in [1.29, 1.82) is 0 Å². The Bertz CT molecular complexity index is 1050. The Hall–Kier alpha value is 0.720. The van der Waals surface area contributed by atoms with E-state index in [2.05, 4.69) is 28.1 Å². The molecule has 1 aliphatic heterocycles. The number of nitrogens with zero attached hydrogens (tertiary/aromatic N) is 4. The molecule has 6 N–H and O–H groups in total. The number of phosphoric acid groups is 3. The zero-order chi connectivity index (χ0) is 21.4. The molecule has 0 spiro atoms. The summed E-state index contributed by atoms with van der Waals surface area (Å²) in [6.07, 6.45) is 2.30. The Balaban J connectivity index is 0.00000240. The van der Waals surface area contributed by atoms with Gasteiger partial charge in [0.15, 0.2) is 11.5 Å². The van der Waals surface area contributed by atoms with Crippen LogP contribution in [0, 0.1) is 0 Å². The van der Waals surface area contributed by atoms with Gasteiger partial charge < -0.3 is 30.0 Å². The topological polar surface area (TPSA) is 239 Å². The first-order valence-corrected chi connectivity index (χ1v) is 12.2. The number of anilines is 1. The Labute approximate surface area is 218 Å². The molecule has 2 radical (unpaired) electrons. The first-order chi connectivity index (χ1) is 13.4. The first-order valence-electron chi connectivity index (χ1n) is 7.72. The predicted molar refractivity (Wildman–Crippen MR) is 104 cm³/mol. The molecule has 0 aromatic carbocycles. The number of aromatic nitrogens is 4. The summed E-state index contributed by atoms with van der Waals surface area (Å²) < 4.78 is 52.7. The molecule has 1 fully saturated rings. The fraction of sp³-hybridized carbons (Fsp3) is 0.500. The maximum Gasteiger partial charge on any atom is 0.490 e. The second-order valence-corrected chi connectivity index (χ2v) is 10.2. The number of hydrogen-bond donors (Lipinski definition) is 5. The quantitative estimate of drug-likeness (QED) is 0.221. The van der Waals surface area contributed by atoms with Crippen LogP contribution in [0.1, 0.15) is 19.1 Å². The van der Waals surface area contributed by atoms with Crippen LogP contribution in [0.2, 0.25) is 0 Å². The van der Waals surface area contributed by atoms with E-state index < -0.39 is 42.4 Å². The molecule has 1 aliphatic rings. The number of imidazole rings is 1. The summed E-state index contributed by atoms with van der Waals surface area (Å²) in [5.41, 5.74) is 6.53. The third-order valence-electron chi connectivity index (χ3n) is 3.62. The smallest absolute Gasteiger partial charge is 0.382 e. The SMILES string of the molecule is Nc1ncnc2c1ncn2[C@H]1CC[C@@H](COP(=O)(O)OP(=O)(O)OP(=O)(O)O)O1.[Na].[Na]. The molecule has 0 amide bonds. The Morgan fingerprint density at radius 3 is 2.39 bits per heavy atom. The summed E-state index contributed by atoms with van der Waals surface area (Å²) in [6, 6.07) is 0. The molecule has 2 aromatic rings. The monoisotopic (exact) mass is 521 g/mol. The van der Waals surface area contributed by atoms with Gasteiger partial charge in [0, 0.05) is 59.1 Å². The maximum absolute atomic E-state index is 11.7. The van der Waals surface area contributed by atoms with Crippen molar-refractivity contribution in [2.24, 2.45) is 0 Å². The van der Waals surface area contributed by atoms with Gasteiger partial charge in [-0.05, 0) is 12.8 Å². The molecule has 2 aromatic heterocycles. The van der Waals surface area contributed by atoms with Crippen LogP contribution in [0.5, 0.6) is 0 Å². The molecule has 1 saturated heterocycles. The van der Waals surface area contributed by atoms with E-state index in [1.807, 2.05) is 0 Å². The number of phosphoric ester groups is 1. The number of hydrogen-bond acceptors (Lipinski definition) is 11. The van der Waals surface area contributed by atoms with Gasteiger partial charge in [0.2, 0.25) is 0 Å². The summed E-state index contributed by atoms with van der Waals surface area (Å²) in [5.74, 6) is 0.191. The number of rotatable bonds is 8. The van der Waals surface area contributed by atoms with Crippen LogP contribution in [0.4, 0.5) is 5.82 Å². The van der Waals surface area contributed by atoms with Gasteiger partial charge in [-0.1, -0.05) is 0 Å². The Morgan fingerprint density at radius 1 is 1.06 bits per heavy atom. The normalized spacial score (nSPS) is 22.8. The van der Waals surface area contributed by atoms with E-state index >= 15 is 0 Å². The van der Waals surface area contributed by atoms with Crippen molar-refractivity contribution in [2.45, 2.75) is 25.2 Å². The summed E-state index contributed by atoms with van der Waals surface area (Å²) >= 11 is 0. The Morgan fingerprint density at radius 2 is 1.74 bits per heavy atom. The van der Waals surface area contributed by atoms with Crippen molar-refractivity contribution >= 4 is 99.6 Å². The van der Waals surface area contributed by atoms with Crippen LogP contribution in [0.15, 0.2) is 12.7 Å². The predicted octanol–water partition coefficient (Wildman–Crippen LogP) is -0.332. The van der Waals surface area contributed by atoms with E-state index in [0.29, 0.717) is 24.0 Å². The van der Waals surface area contributed by atoms with Crippen molar-refractivity contribution in [2.75, 3.05) is 12.3 Å². The van der Waals surface area contributed by atoms with Crippen molar-refractivity contribution in [3.63, 3.8) is 0 Å². The first kappa shape index (κ1) is 29.8. The molecule has 31 heavy (non-hydrogen) atoms. The van der Waals surface area contributed by atoms with Crippen molar-refractivity contribution in [3.05, 3.63) is 12.7 Å². The fourth-order valence-corrected chi connectivity index (χ4v) is 5.62. The van der Waals surface area contributed by atoms with Gasteiger partial charge in [0.1, 0.15) is 18.1 Å². The largest absolute Gasteiger partial charge is 0.490 e. The zero-order valence-electron chi connectivity index (χ0n) is 16.3. The molecule has 0 bridgehead atoms. The van der Waals surface area contributed by atoms with Gasteiger partial charge in [0.05, 0.1) is 19.0 Å². The van der Waals surface area contributed by atoms with Crippen LogP contribution >= 0.6 is 23.5 Å². The molecule has 2 unspecified atom stereocenters. The van der Waals surface area contributed by atoms with Gasteiger partial charge in [-0.25, -0.2) is 28.6 Å². The average Bonchev–Trinajstić information content (AvgIpc) is 3.16. The van der Waals surface area contributed by atoms with E-state index in [4.69, 9.17) is 25.2 Å². The van der Waals surface area contributed by atoms with Gasteiger partial charge in [-0.2, -0.15) is 8.62 Å².